The van der Waals surface area contributed by atoms with E-state index in [1.54, 1.807) is 36.5 Å². The van der Waals surface area contributed by atoms with E-state index in [2.05, 4.69) is 39.0 Å². The van der Waals surface area contributed by atoms with Crippen molar-refractivity contribution in [3.05, 3.63) is 159 Å². The molecule has 4 aromatic carbocycles. The lowest BCUT2D eigenvalue weighted by atomic mass is 10.1. The van der Waals surface area contributed by atoms with Crippen LogP contribution in [0.4, 0.5) is 4.39 Å². The lowest BCUT2D eigenvalue weighted by Gasteiger charge is -2.37. The molecule has 0 spiro atoms. The van der Waals surface area contributed by atoms with Crippen molar-refractivity contribution >= 4 is 35.2 Å². The Morgan fingerprint density at radius 3 is 2.16 bits per heavy atom. The number of hydrogen-bond acceptors (Lipinski definition) is 7. The van der Waals surface area contributed by atoms with Crippen LogP contribution in [0, 0.1) is 12.7 Å². The molecule has 0 saturated carbocycles. The molecule has 0 N–H and O–H groups in total. The van der Waals surface area contributed by atoms with Crippen LogP contribution in [-0.4, -0.2) is 47.2 Å². The SMILES string of the molecule is Cc1cc(/C(=C\C=O)N2CCN(Cc3ccc(COCc4ccc(F)cc4)cc3)CC2)cc(Cl)c1Oc1ccc(OCc2ccccc2Cl)cn1. The van der Waals surface area contributed by atoms with Crippen LogP contribution >= 0.6 is 23.2 Å². The molecule has 51 heavy (non-hydrogen) atoms. The third kappa shape index (κ3) is 9.96. The Kier molecular flexibility index (Phi) is 12.4. The lowest BCUT2D eigenvalue weighted by Crippen LogP contribution is -2.45. The van der Waals surface area contributed by atoms with Crippen molar-refractivity contribution < 1.29 is 23.4 Å². The zero-order valence-electron chi connectivity index (χ0n) is 28.2. The molecule has 5 aromatic rings. The average Bonchev–Trinajstić information content (AvgIpc) is 3.14. The number of halogens is 3. The van der Waals surface area contributed by atoms with Crippen molar-refractivity contribution in [2.24, 2.45) is 0 Å². The minimum atomic E-state index is -0.250. The number of aromatic nitrogens is 1. The summed E-state index contributed by atoms with van der Waals surface area (Å²) in [5, 5.41) is 1.07. The standard InChI is InChI=1S/C41H38Cl2FN3O4/c1-29-22-34(23-38(43)41(29)51-40-15-14-36(24-45-40)50-28-33-4-2-3-5-37(33)42)39(16-21-48)47-19-17-46(18-20-47)25-30-6-8-31(9-7-30)26-49-27-32-10-12-35(44)13-11-32/h2-16,21-24H,17-20,25-28H2,1H3/b39-16+. The number of carbonyl (C=O) groups is 1. The first kappa shape index (κ1) is 36.1. The third-order valence-electron chi connectivity index (χ3n) is 8.61. The summed E-state index contributed by atoms with van der Waals surface area (Å²) < 4.78 is 30.8. The molecule has 0 unspecified atom stereocenters. The maximum absolute atomic E-state index is 13.1. The number of benzene rings is 4. The number of carbonyl (C=O) groups excluding carboxylic acids is 1. The van der Waals surface area contributed by atoms with Gasteiger partial charge in [-0.2, -0.15) is 0 Å². The van der Waals surface area contributed by atoms with Gasteiger partial charge in [0.05, 0.1) is 24.4 Å². The summed E-state index contributed by atoms with van der Waals surface area (Å²) >= 11 is 13.0. The Bertz CT molecular complexity index is 1920. The highest BCUT2D eigenvalue weighted by Gasteiger charge is 2.22. The van der Waals surface area contributed by atoms with E-state index in [1.807, 2.05) is 43.3 Å². The fourth-order valence-electron chi connectivity index (χ4n) is 5.86. The molecule has 0 aliphatic carbocycles. The van der Waals surface area contributed by atoms with Crippen molar-refractivity contribution in [1.82, 2.24) is 14.8 Å². The van der Waals surface area contributed by atoms with E-state index in [0.717, 1.165) is 72.5 Å². The van der Waals surface area contributed by atoms with Gasteiger partial charge in [0.25, 0.3) is 0 Å². The lowest BCUT2D eigenvalue weighted by molar-refractivity contribution is -0.104. The van der Waals surface area contributed by atoms with E-state index >= 15 is 0 Å². The average molecular weight is 727 g/mol. The number of aryl methyl sites for hydroxylation is 1. The minimum Gasteiger partial charge on any atom is -0.487 e. The zero-order chi connectivity index (χ0) is 35.6. The van der Waals surface area contributed by atoms with Gasteiger partial charge in [0, 0.05) is 61.1 Å². The summed E-state index contributed by atoms with van der Waals surface area (Å²) in [6, 6.07) is 29.7. The summed E-state index contributed by atoms with van der Waals surface area (Å²) in [5.74, 6) is 1.21. The summed E-state index contributed by atoms with van der Waals surface area (Å²) in [7, 11) is 0. The molecular weight excluding hydrogens is 688 g/mol. The molecule has 0 radical (unpaired) electrons. The van der Waals surface area contributed by atoms with Crippen LogP contribution in [-0.2, 0) is 35.9 Å². The molecule has 6 rings (SSSR count). The number of hydrogen-bond donors (Lipinski definition) is 0. The number of allylic oxidation sites excluding steroid dienone is 1. The Hall–Kier alpha value is -4.73. The second kappa shape index (κ2) is 17.5. The first-order chi connectivity index (χ1) is 24.8. The Morgan fingerprint density at radius 1 is 0.824 bits per heavy atom. The summed E-state index contributed by atoms with van der Waals surface area (Å²) in [6.07, 6.45) is 4.01. The van der Waals surface area contributed by atoms with Crippen molar-refractivity contribution in [2.75, 3.05) is 26.2 Å². The van der Waals surface area contributed by atoms with Crippen LogP contribution in [0.2, 0.25) is 10.0 Å². The number of pyridine rings is 1. The van der Waals surface area contributed by atoms with Crippen LogP contribution in [0.5, 0.6) is 17.4 Å². The van der Waals surface area contributed by atoms with Gasteiger partial charge in [-0.1, -0.05) is 77.8 Å². The van der Waals surface area contributed by atoms with Gasteiger partial charge >= 0.3 is 0 Å². The molecule has 2 heterocycles. The maximum atomic E-state index is 13.1. The van der Waals surface area contributed by atoms with Crippen LogP contribution in [0.3, 0.4) is 0 Å². The third-order valence-corrected chi connectivity index (χ3v) is 9.26. The van der Waals surface area contributed by atoms with E-state index in [-0.39, 0.29) is 5.82 Å². The van der Waals surface area contributed by atoms with E-state index < -0.39 is 0 Å². The molecule has 0 bridgehead atoms. The van der Waals surface area contributed by atoms with Crippen LogP contribution in [0.15, 0.2) is 109 Å². The fourth-order valence-corrected chi connectivity index (χ4v) is 6.36. The molecule has 1 aliphatic heterocycles. The van der Waals surface area contributed by atoms with E-state index in [9.17, 15) is 9.18 Å². The second-order valence-electron chi connectivity index (χ2n) is 12.3. The van der Waals surface area contributed by atoms with Crippen LogP contribution < -0.4 is 9.47 Å². The van der Waals surface area contributed by atoms with E-state index in [0.29, 0.717) is 47.2 Å². The number of ether oxygens (including phenoxy) is 3. The first-order valence-electron chi connectivity index (χ1n) is 16.7. The van der Waals surface area contributed by atoms with Gasteiger partial charge in [-0.3, -0.25) is 9.69 Å². The molecule has 262 valence electrons. The Morgan fingerprint density at radius 2 is 1.51 bits per heavy atom. The van der Waals surface area contributed by atoms with Crippen LogP contribution in [0.25, 0.3) is 5.70 Å². The Labute approximate surface area is 307 Å². The topological polar surface area (TPSA) is 64.1 Å². The summed E-state index contributed by atoms with van der Waals surface area (Å²) in [4.78, 5) is 20.8. The van der Waals surface area contributed by atoms with E-state index in [4.69, 9.17) is 37.4 Å². The predicted molar refractivity (Wildman–Crippen MR) is 199 cm³/mol. The molecule has 0 atom stereocenters. The number of aldehydes is 1. The smallest absolute Gasteiger partial charge is 0.219 e. The molecular formula is C41H38Cl2FN3O4. The van der Waals surface area contributed by atoms with Crippen LogP contribution in [0.1, 0.15) is 33.4 Å². The van der Waals surface area contributed by atoms with Crippen molar-refractivity contribution in [2.45, 2.75) is 33.3 Å². The van der Waals surface area contributed by atoms with Gasteiger partial charge < -0.3 is 19.1 Å². The maximum Gasteiger partial charge on any atom is 0.219 e. The van der Waals surface area contributed by atoms with Gasteiger partial charge in [0.2, 0.25) is 5.88 Å². The molecule has 10 heteroatoms. The molecule has 1 aliphatic rings. The minimum absolute atomic E-state index is 0.250. The number of piperazine rings is 1. The second-order valence-corrected chi connectivity index (χ2v) is 13.1. The number of rotatable bonds is 14. The normalized spacial score (nSPS) is 13.6. The van der Waals surface area contributed by atoms with Gasteiger partial charge in [-0.25, -0.2) is 9.37 Å². The molecule has 7 nitrogen and oxygen atoms in total. The Balaban J connectivity index is 1.00. The predicted octanol–water partition coefficient (Wildman–Crippen LogP) is 9.28. The van der Waals surface area contributed by atoms with Gasteiger partial charge in [0.1, 0.15) is 24.5 Å². The molecule has 1 aromatic heterocycles. The van der Waals surface area contributed by atoms with Crippen molar-refractivity contribution in [3.8, 4) is 17.4 Å². The fraction of sp³-hybridized carbons (Fsp3) is 0.220. The highest BCUT2D eigenvalue weighted by atomic mass is 35.5. The summed E-state index contributed by atoms with van der Waals surface area (Å²) in [5.41, 5.74) is 6.62. The molecule has 1 fully saturated rings. The highest BCUT2D eigenvalue weighted by Crippen LogP contribution is 2.36. The van der Waals surface area contributed by atoms with Crippen molar-refractivity contribution in [3.63, 3.8) is 0 Å². The molecule has 1 saturated heterocycles. The van der Waals surface area contributed by atoms with Gasteiger partial charge in [-0.05, 0) is 71.1 Å². The largest absolute Gasteiger partial charge is 0.487 e. The molecule has 0 amide bonds. The quantitative estimate of drug-likeness (QED) is 0.0835. The summed E-state index contributed by atoms with van der Waals surface area (Å²) in [6.45, 7) is 7.22. The van der Waals surface area contributed by atoms with Gasteiger partial charge in [0.15, 0.2) is 5.75 Å². The van der Waals surface area contributed by atoms with E-state index in [1.165, 1.54) is 17.7 Å². The number of nitrogens with zero attached hydrogens (tertiary/aromatic N) is 3. The van der Waals surface area contributed by atoms with Crippen molar-refractivity contribution in [1.29, 1.82) is 0 Å². The first-order valence-corrected chi connectivity index (χ1v) is 17.4. The zero-order valence-corrected chi connectivity index (χ0v) is 29.7. The van der Waals surface area contributed by atoms with Gasteiger partial charge in [-0.15, -0.1) is 0 Å². The monoisotopic (exact) mass is 725 g/mol. The highest BCUT2D eigenvalue weighted by molar-refractivity contribution is 6.32.